The minimum Gasteiger partial charge on any atom is -0.508 e. The minimum atomic E-state index is -0.937. The lowest BCUT2D eigenvalue weighted by Crippen LogP contribution is -2.01. The van der Waals surface area contributed by atoms with Crippen LogP contribution >= 0.6 is 0 Å². The van der Waals surface area contributed by atoms with Crippen molar-refractivity contribution in [2.75, 3.05) is 0 Å². The van der Waals surface area contributed by atoms with Crippen molar-refractivity contribution < 1.29 is 19.7 Å². The summed E-state index contributed by atoms with van der Waals surface area (Å²) in [5, 5.41) is 19.2. The first-order valence-corrected chi connectivity index (χ1v) is 6.78. The van der Waals surface area contributed by atoms with E-state index in [1.807, 2.05) is 17.7 Å². The Balaban J connectivity index is 1.86. The third-order valence-electron chi connectivity index (χ3n) is 3.61. The molecule has 0 aliphatic carbocycles. The molecule has 0 spiro atoms. The highest BCUT2D eigenvalue weighted by Gasteiger charge is 2.10. The van der Waals surface area contributed by atoms with Crippen LogP contribution in [0.25, 0.3) is 10.9 Å². The number of aromatic nitrogens is 1. The van der Waals surface area contributed by atoms with Crippen LogP contribution in [-0.2, 0) is 13.7 Å². The van der Waals surface area contributed by atoms with Gasteiger partial charge in [0.2, 0.25) is 0 Å². The van der Waals surface area contributed by atoms with Crippen molar-refractivity contribution in [1.82, 2.24) is 4.57 Å². The van der Waals surface area contributed by atoms with Gasteiger partial charge in [-0.2, -0.15) is 0 Å². The summed E-state index contributed by atoms with van der Waals surface area (Å²) in [5.74, 6) is -0.0833. The van der Waals surface area contributed by atoms with Gasteiger partial charge in [0, 0.05) is 18.0 Å². The van der Waals surface area contributed by atoms with E-state index in [1.54, 1.807) is 42.5 Å². The third kappa shape index (κ3) is 2.61. The molecule has 0 bridgehead atoms. The van der Waals surface area contributed by atoms with Gasteiger partial charge < -0.3 is 19.5 Å². The van der Waals surface area contributed by atoms with Gasteiger partial charge in [-0.25, -0.2) is 4.79 Å². The lowest BCUT2D eigenvalue weighted by atomic mass is 10.1. The smallest absolute Gasteiger partial charge is 0.335 e. The molecule has 112 valence electrons. The first-order chi connectivity index (χ1) is 10.5. The second kappa shape index (κ2) is 5.44. The van der Waals surface area contributed by atoms with Crippen molar-refractivity contribution in [2.24, 2.45) is 7.05 Å². The first kappa shape index (κ1) is 14.0. The molecule has 2 N–H and O–H groups in total. The van der Waals surface area contributed by atoms with Crippen LogP contribution in [0.1, 0.15) is 16.1 Å². The molecule has 0 saturated carbocycles. The summed E-state index contributed by atoms with van der Waals surface area (Å²) in [6, 6.07) is 13.5. The van der Waals surface area contributed by atoms with Crippen LogP contribution in [0.15, 0.2) is 48.5 Å². The van der Waals surface area contributed by atoms with Crippen LogP contribution in [-0.4, -0.2) is 20.7 Å². The van der Waals surface area contributed by atoms with Gasteiger partial charge in [0.05, 0.1) is 11.3 Å². The molecular formula is C17H15NO4. The highest BCUT2D eigenvalue weighted by molar-refractivity contribution is 5.94. The number of carboxylic acid groups (broad SMARTS) is 1. The molecule has 3 rings (SSSR count). The molecule has 22 heavy (non-hydrogen) atoms. The quantitative estimate of drug-likeness (QED) is 0.776. The molecule has 0 aliphatic rings. The van der Waals surface area contributed by atoms with E-state index in [2.05, 4.69) is 0 Å². The number of rotatable bonds is 4. The molecule has 5 nitrogen and oxygen atoms in total. The van der Waals surface area contributed by atoms with E-state index < -0.39 is 5.97 Å². The largest absolute Gasteiger partial charge is 0.508 e. The average molecular weight is 297 g/mol. The van der Waals surface area contributed by atoms with E-state index in [1.165, 1.54) is 0 Å². The predicted molar refractivity (Wildman–Crippen MR) is 82.3 cm³/mol. The monoisotopic (exact) mass is 297 g/mol. The van der Waals surface area contributed by atoms with Crippen LogP contribution in [0.4, 0.5) is 0 Å². The summed E-state index contributed by atoms with van der Waals surface area (Å²) < 4.78 is 7.66. The number of hydrogen-bond donors (Lipinski definition) is 2. The number of aromatic hydroxyl groups is 1. The summed E-state index contributed by atoms with van der Waals surface area (Å²) in [4.78, 5) is 11.0. The normalized spacial score (nSPS) is 10.8. The Morgan fingerprint density at radius 2 is 1.86 bits per heavy atom. The number of phenols is 1. The number of ether oxygens (including phenoxy) is 1. The van der Waals surface area contributed by atoms with E-state index in [9.17, 15) is 9.90 Å². The molecule has 0 saturated heterocycles. The number of aryl methyl sites for hydroxylation is 1. The van der Waals surface area contributed by atoms with Gasteiger partial charge in [-0.1, -0.05) is 0 Å². The number of hydrogen-bond acceptors (Lipinski definition) is 3. The molecule has 0 radical (unpaired) electrons. The molecule has 0 amide bonds. The van der Waals surface area contributed by atoms with Crippen LogP contribution < -0.4 is 4.74 Å². The van der Waals surface area contributed by atoms with Crippen molar-refractivity contribution in [3.63, 3.8) is 0 Å². The number of fused-ring (bicyclic) bond motifs is 1. The van der Waals surface area contributed by atoms with Crippen molar-refractivity contribution in [1.29, 1.82) is 0 Å². The Morgan fingerprint density at radius 1 is 1.14 bits per heavy atom. The summed E-state index contributed by atoms with van der Waals surface area (Å²) in [6.45, 7) is 0.359. The number of carbonyl (C=O) groups is 1. The molecular weight excluding hydrogens is 282 g/mol. The summed E-state index contributed by atoms with van der Waals surface area (Å²) in [6.07, 6.45) is 0. The lowest BCUT2D eigenvalue weighted by molar-refractivity contribution is 0.0697. The van der Waals surface area contributed by atoms with E-state index in [4.69, 9.17) is 9.84 Å². The Labute approximate surface area is 127 Å². The molecule has 0 unspecified atom stereocenters. The van der Waals surface area contributed by atoms with E-state index >= 15 is 0 Å². The van der Waals surface area contributed by atoms with Gasteiger partial charge >= 0.3 is 5.97 Å². The highest BCUT2D eigenvalue weighted by Crippen LogP contribution is 2.22. The topological polar surface area (TPSA) is 71.7 Å². The fourth-order valence-corrected chi connectivity index (χ4v) is 2.38. The summed E-state index contributed by atoms with van der Waals surface area (Å²) in [5.41, 5.74) is 2.16. The van der Waals surface area contributed by atoms with Gasteiger partial charge in [0.25, 0.3) is 0 Å². The number of aromatic carboxylic acids is 1. The molecule has 0 fully saturated rings. The zero-order chi connectivity index (χ0) is 15.7. The maximum atomic E-state index is 11.0. The van der Waals surface area contributed by atoms with Crippen molar-refractivity contribution in [2.45, 2.75) is 6.61 Å². The number of phenolic OH excluding ortho intramolecular Hbond substituents is 1. The summed E-state index contributed by atoms with van der Waals surface area (Å²) in [7, 11) is 1.91. The molecule has 0 aliphatic heterocycles. The lowest BCUT2D eigenvalue weighted by Gasteiger charge is -2.07. The second-order valence-corrected chi connectivity index (χ2v) is 5.06. The van der Waals surface area contributed by atoms with Gasteiger partial charge in [-0.15, -0.1) is 0 Å². The first-order valence-electron chi connectivity index (χ1n) is 6.78. The van der Waals surface area contributed by atoms with Crippen LogP contribution in [0, 0.1) is 0 Å². The number of benzene rings is 2. The predicted octanol–water partition coefficient (Wildman–Crippen LogP) is 3.16. The Morgan fingerprint density at radius 3 is 2.55 bits per heavy atom. The molecule has 5 heteroatoms. The Bertz CT molecular complexity index is 834. The third-order valence-corrected chi connectivity index (χ3v) is 3.61. The van der Waals surface area contributed by atoms with Crippen molar-refractivity contribution in [3.8, 4) is 11.5 Å². The maximum absolute atomic E-state index is 11.0. The zero-order valence-corrected chi connectivity index (χ0v) is 12.0. The van der Waals surface area contributed by atoms with Crippen LogP contribution in [0.3, 0.4) is 0 Å². The molecule has 1 aromatic heterocycles. The average Bonchev–Trinajstić information content (AvgIpc) is 2.82. The molecule has 3 aromatic rings. The van der Waals surface area contributed by atoms with Crippen molar-refractivity contribution >= 4 is 16.9 Å². The van der Waals surface area contributed by atoms with Gasteiger partial charge in [0.1, 0.15) is 18.1 Å². The van der Waals surface area contributed by atoms with Gasteiger partial charge in [-0.05, 0) is 48.5 Å². The van der Waals surface area contributed by atoms with E-state index in [0.29, 0.717) is 12.4 Å². The molecule has 1 heterocycles. The van der Waals surface area contributed by atoms with E-state index in [-0.39, 0.29) is 11.3 Å². The fourth-order valence-electron chi connectivity index (χ4n) is 2.38. The van der Waals surface area contributed by atoms with Gasteiger partial charge in [0.15, 0.2) is 0 Å². The van der Waals surface area contributed by atoms with Crippen LogP contribution in [0.5, 0.6) is 11.5 Å². The maximum Gasteiger partial charge on any atom is 0.335 e. The zero-order valence-electron chi connectivity index (χ0n) is 12.0. The highest BCUT2D eigenvalue weighted by atomic mass is 16.5. The second-order valence-electron chi connectivity index (χ2n) is 5.06. The van der Waals surface area contributed by atoms with Crippen LogP contribution in [0.2, 0.25) is 0 Å². The minimum absolute atomic E-state index is 0.193. The SMILES string of the molecule is Cn1c(COc2ccc(O)cc2)cc2cc(C(=O)O)ccc21. The summed E-state index contributed by atoms with van der Waals surface area (Å²) >= 11 is 0. The number of nitrogens with zero attached hydrogens (tertiary/aromatic N) is 1. The Kier molecular flexibility index (Phi) is 3.47. The van der Waals surface area contributed by atoms with E-state index in [0.717, 1.165) is 16.6 Å². The number of carboxylic acids is 1. The fraction of sp³-hybridized carbons (Fsp3) is 0.118. The van der Waals surface area contributed by atoms with Crippen molar-refractivity contribution in [3.05, 3.63) is 59.8 Å². The molecule has 2 aromatic carbocycles. The van der Waals surface area contributed by atoms with Gasteiger partial charge in [-0.3, -0.25) is 0 Å². The molecule has 0 atom stereocenters. The Hall–Kier alpha value is -2.95. The standard InChI is InChI=1S/C17H15NO4/c1-18-13(10-22-15-5-3-14(19)4-6-15)9-12-8-11(17(20)21)2-7-16(12)18/h2-9,19H,10H2,1H3,(H,20,21).